The van der Waals surface area contributed by atoms with E-state index in [1.165, 1.54) is 30.5 Å². The molecule has 3 aliphatic rings. The minimum absolute atomic E-state index is 0.338. The minimum atomic E-state index is 0.338. The van der Waals surface area contributed by atoms with Crippen LogP contribution in [0.1, 0.15) is 64.1 Å². The largest absolute Gasteiger partial charge is 0.382 e. The monoisotopic (exact) mass is 259 g/mol. The molecule has 0 radical (unpaired) electrons. The number of nitrogens with zero attached hydrogens (tertiary/aromatic N) is 1. The van der Waals surface area contributed by atoms with Crippen LogP contribution in [0.25, 0.3) is 0 Å². The first-order chi connectivity index (χ1) is 8.80. The van der Waals surface area contributed by atoms with Gasteiger partial charge in [-0.3, -0.25) is 5.10 Å². The molecular weight excluding hydrogens is 234 g/mol. The van der Waals surface area contributed by atoms with E-state index in [1.54, 1.807) is 0 Å². The number of hydrogen-bond donors (Lipinski definition) is 2. The predicted molar refractivity (Wildman–Crippen MR) is 76.8 cm³/mol. The van der Waals surface area contributed by atoms with Crippen molar-refractivity contribution < 1.29 is 0 Å². The summed E-state index contributed by atoms with van der Waals surface area (Å²) in [4.78, 5) is 0. The highest BCUT2D eigenvalue weighted by Gasteiger charge is 2.69. The quantitative estimate of drug-likeness (QED) is 0.749. The summed E-state index contributed by atoms with van der Waals surface area (Å²) in [5.74, 6) is 2.21. The van der Waals surface area contributed by atoms with Crippen LogP contribution in [-0.2, 0) is 6.42 Å². The van der Waals surface area contributed by atoms with Gasteiger partial charge in [-0.25, -0.2) is 0 Å². The Kier molecular flexibility index (Phi) is 1.88. The maximum absolute atomic E-state index is 6.11. The summed E-state index contributed by atoms with van der Waals surface area (Å²) < 4.78 is 0. The second-order valence-electron chi connectivity index (χ2n) is 8.41. The van der Waals surface area contributed by atoms with Gasteiger partial charge in [0.1, 0.15) is 5.82 Å². The number of H-pyrrole nitrogens is 1. The Balaban J connectivity index is 1.99. The summed E-state index contributed by atoms with van der Waals surface area (Å²) in [7, 11) is 0. The van der Waals surface area contributed by atoms with Crippen molar-refractivity contribution in [3.8, 4) is 0 Å². The van der Waals surface area contributed by atoms with Crippen molar-refractivity contribution in [3.63, 3.8) is 0 Å². The van der Waals surface area contributed by atoms with E-state index in [4.69, 9.17) is 5.73 Å². The van der Waals surface area contributed by atoms with Crippen molar-refractivity contribution in [2.75, 3.05) is 5.73 Å². The van der Waals surface area contributed by atoms with E-state index >= 15 is 0 Å². The van der Waals surface area contributed by atoms with E-state index < -0.39 is 0 Å². The molecule has 104 valence electrons. The fraction of sp³-hybridized carbons (Fsp3) is 0.812. The average Bonchev–Trinajstić information content (AvgIpc) is 2.93. The number of nitrogens with two attached hydrogens (primary N) is 1. The molecule has 0 aromatic carbocycles. The molecule has 4 rings (SSSR count). The highest BCUT2D eigenvalue weighted by atomic mass is 15.2. The fourth-order valence-electron chi connectivity index (χ4n) is 6.01. The molecule has 3 aliphatic carbocycles. The molecule has 1 heterocycles. The number of aromatic amines is 1. The molecule has 3 heteroatoms. The van der Waals surface area contributed by atoms with Crippen LogP contribution in [0.2, 0.25) is 0 Å². The molecule has 3 N–H and O–H groups in total. The van der Waals surface area contributed by atoms with E-state index in [1.807, 2.05) is 0 Å². The van der Waals surface area contributed by atoms with E-state index in [0.29, 0.717) is 22.2 Å². The molecular formula is C16H25N3. The minimum Gasteiger partial charge on any atom is -0.382 e. The Labute approximate surface area is 115 Å². The molecule has 1 aromatic heterocycles. The standard InChI is InChI=1S/C16H25N3/c1-14(2)8-10-11(18-19-13(10)17)12-15(3,4)9-5-6-16(12,14)7-9/h9,12H,5-8H2,1-4H3,(H3,17,18,19). The number of rotatable bonds is 0. The highest BCUT2D eigenvalue weighted by molar-refractivity contribution is 5.49. The third-order valence-corrected chi connectivity index (χ3v) is 7.08. The Hall–Kier alpha value is -0.990. The van der Waals surface area contributed by atoms with Crippen LogP contribution >= 0.6 is 0 Å². The molecule has 0 amide bonds. The normalized spacial score (nSPS) is 41.1. The molecule has 3 nitrogen and oxygen atoms in total. The van der Waals surface area contributed by atoms with Gasteiger partial charge in [0.2, 0.25) is 0 Å². The summed E-state index contributed by atoms with van der Waals surface area (Å²) in [6, 6.07) is 0. The average molecular weight is 259 g/mol. The summed E-state index contributed by atoms with van der Waals surface area (Å²) >= 11 is 0. The highest BCUT2D eigenvalue weighted by Crippen LogP contribution is 2.77. The van der Waals surface area contributed by atoms with E-state index in [0.717, 1.165) is 18.2 Å². The van der Waals surface area contributed by atoms with Crippen molar-refractivity contribution >= 4 is 5.82 Å². The van der Waals surface area contributed by atoms with E-state index in [-0.39, 0.29) is 0 Å². The predicted octanol–water partition coefficient (Wildman–Crippen LogP) is 3.48. The Morgan fingerprint density at radius 3 is 2.74 bits per heavy atom. The van der Waals surface area contributed by atoms with Gasteiger partial charge in [-0.05, 0) is 47.8 Å². The van der Waals surface area contributed by atoms with Crippen molar-refractivity contribution in [1.82, 2.24) is 10.2 Å². The lowest BCUT2D eigenvalue weighted by atomic mass is 9.49. The van der Waals surface area contributed by atoms with Crippen LogP contribution in [0.3, 0.4) is 0 Å². The second-order valence-corrected chi connectivity index (χ2v) is 8.41. The Bertz CT molecular complexity index is 554. The van der Waals surface area contributed by atoms with E-state index in [9.17, 15) is 0 Å². The zero-order valence-electron chi connectivity index (χ0n) is 12.5. The first kappa shape index (κ1) is 11.8. The van der Waals surface area contributed by atoms with Gasteiger partial charge in [0.05, 0.1) is 0 Å². The Morgan fingerprint density at radius 1 is 1.26 bits per heavy atom. The Morgan fingerprint density at radius 2 is 2.00 bits per heavy atom. The van der Waals surface area contributed by atoms with Crippen LogP contribution in [0.4, 0.5) is 5.82 Å². The summed E-state index contributed by atoms with van der Waals surface area (Å²) in [6.07, 6.45) is 5.28. The molecule has 19 heavy (non-hydrogen) atoms. The van der Waals surface area contributed by atoms with Gasteiger partial charge in [-0.2, -0.15) is 5.10 Å². The first-order valence-corrected chi connectivity index (χ1v) is 7.62. The van der Waals surface area contributed by atoms with Crippen LogP contribution in [0, 0.1) is 22.2 Å². The van der Waals surface area contributed by atoms with Crippen molar-refractivity contribution in [3.05, 3.63) is 11.3 Å². The molecule has 3 atom stereocenters. The van der Waals surface area contributed by atoms with Gasteiger partial charge < -0.3 is 5.73 Å². The maximum Gasteiger partial charge on any atom is 0.148 e. The zero-order chi connectivity index (χ0) is 13.6. The molecule has 3 unspecified atom stereocenters. The lowest BCUT2D eigenvalue weighted by Crippen LogP contribution is -2.48. The number of aromatic nitrogens is 2. The van der Waals surface area contributed by atoms with Crippen LogP contribution in [0.15, 0.2) is 0 Å². The molecule has 2 bridgehead atoms. The summed E-state index contributed by atoms with van der Waals surface area (Å²) in [5.41, 5.74) is 9.96. The van der Waals surface area contributed by atoms with E-state index in [2.05, 4.69) is 37.9 Å². The topological polar surface area (TPSA) is 54.7 Å². The zero-order valence-corrected chi connectivity index (χ0v) is 12.5. The first-order valence-electron chi connectivity index (χ1n) is 7.62. The van der Waals surface area contributed by atoms with Gasteiger partial charge in [0.15, 0.2) is 0 Å². The van der Waals surface area contributed by atoms with Crippen LogP contribution < -0.4 is 5.73 Å². The summed E-state index contributed by atoms with van der Waals surface area (Å²) in [6.45, 7) is 9.84. The second kappa shape index (κ2) is 3.02. The lowest BCUT2D eigenvalue weighted by molar-refractivity contribution is 0.00353. The van der Waals surface area contributed by atoms with Gasteiger partial charge in [-0.1, -0.05) is 27.7 Å². The SMILES string of the molecule is CC1(C)C2CCC3(C2)C1c1[nH]nc(N)c1CC3(C)C. The molecule has 2 fully saturated rings. The molecule has 2 saturated carbocycles. The van der Waals surface area contributed by atoms with Crippen molar-refractivity contribution in [2.24, 2.45) is 22.2 Å². The lowest BCUT2D eigenvalue weighted by Gasteiger charge is -2.55. The third kappa shape index (κ3) is 1.10. The van der Waals surface area contributed by atoms with Crippen molar-refractivity contribution in [1.29, 1.82) is 0 Å². The molecule has 1 aromatic rings. The van der Waals surface area contributed by atoms with Gasteiger partial charge >= 0.3 is 0 Å². The number of nitrogen functional groups attached to an aromatic ring is 1. The fourth-order valence-corrected chi connectivity index (χ4v) is 6.01. The molecule has 0 saturated heterocycles. The van der Waals surface area contributed by atoms with Gasteiger partial charge in [0, 0.05) is 17.2 Å². The van der Waals surface area contributed by atoms with Crippen LogP contribution in [-0.4, -0.2) is 10.2 Å². The number of hydrogen-bond acceptors (Lipinski definition) is 2. The molecule has 0 aliphatic heterocycles. The third-order valence-electron chi connectivity index (χ3n) is 7.08. The number of nitrogens with one attached hydrogen (secondary N) is 1. The number of anilines is 1. The van der Waals surface area contributed by atoms with Gasteiger partial charge in [0.25, 0.3) is 0 Å². The van der Waals surface area contributed by atoms with Crippen LogP contribution in [0.5, 0.6) is 0 Å². The summed E-state index contributed by atoms with van der Waals surface area (Å²) in [5, 5.41) is 7.62. The van der Waals surface area contributed by atoms with Crippen molar-refractivity contribution in [2.45, 2.75) is 59.3 Å². The maximum atomic E-state index is 6.11. The molecule has 1 spiro atoms. The number of fused-ring (bicyclic) bond motifs is 3. The van der Waals surface area contributed by atoms with Gasteiger partial charge in [-0.15, -0.1) is 0 Å². The smallest absolute Gasteiger partial charge is 0.148 e.